The van der Waals surface area contributed by atoms with Gasteiger partial charge in [0.2, 0.25) is 5.91 Å². The molecule has 1 aromatic rings. The summed E-state index contributed by atoms with van der Waals surface area (Å²) < 4.78 is 0.454. The van der Waals surface area contributed by atoms with E-state index >= 15 is 0 Å². The zero-order valence-corrected chi connectivity index (χ0v) is 14.0. The van der Waals surface area contributed by atoms with E-state index in [9.17, 15) is 4.79 Å². The average Bonchev–Trinajstić information content (AvgIpc) is 2.47. The summed E-state index contributed by atoms with van der Waals surface area (Å²) >= 11 is 6.11. The van der Waals surface area contributed by atoms with Crippen molar-refractivity contribution in [1.82, 2.24) is 4.90 Å². The molecule has 0 radical (unpaired) electrons. The lowest BCUT2D eigenvalue weighted by Crippen LogP contribution is -2.48. The highest BCUT2D eigenvalue weighted by Crippen LogP contribution is 2.20. The predicted molar refractivity (Wildman–Crippen MR) is 96.6 cm³/mol. The zero-order valence-electron chi connectivity index (χ0n) is 12.3. The number of hydrogen-bond acceptors (Lipinski definition) is 5. The quantitative estimate of drug-likeness (QED) is 0.432. The SMILES string of the molecule is CC(=O)N1CCN(c2ccc(NC(=S)SC(=N)N)cc2)CC1. The van der Waals surface area contributed by atoms with E-state index in [1.807, 2.05) is 29.2 Å². The second-order valence-corrected chi connectivity index (χ2v) is 6.64. The molecule has 1 fully saturated rings. The molecule has 1 saturated heterocycles. The van der Waals surface area contributed by atoms with Crippen molar-refractivity contribution in [3.05, 3.63) is 24.3 Å². The minimum atomic E-state index is -0.0301. The Kier molecular flexibility index (Phi) is 5.62. The van der Waals surface area contributed by atoms with E-state index in [4.69, 9.17) is 23.4 Å². The van der Waals surface area contributed by atoms with Gasteiger partial charge in [0.25, 0.3) is 0 Å². The van der Waals surface area contributed by atoms with E-state index in [1.54, 1.807) is 6.92 Å². The maximum atomic E-state index is 11.3. The molecule has 22 heavy (non-hydrogen) atoms. The molecular formula is C14H19N5OS2. The number of rotatable bonds is 2. The highest BCUT2D eigenvalue weighted by Gasteiger charge is 2.18. The van der Waals surface area contributed by atoms with Crippen LogP contribution in [-0.4, -0.2) is 46.5 Å². The number of piperazine rings is 1. The fourth-order valence-electron chi connectivity index (χ4n) is 2.28. The lowest BCUT2D eigenvalue weighted by Gasteiger charge is -2.35. The van der Waals surface area contributed by atoms with Gasteiger partial charge < -0.3 is 20.9 Å². The van der Waals surface area contributed by atoms with Gasteiger partial charge in [-0.2, -0.15) is 0 Å². The van der Waals surface area contributed by atoms with Gasteiger partial charge in [0.1, 0.15) is 4.32 Å². The van der Waals surface area contributed by atoms with Crippen LogP contribution in [0.15, 0.2) is 24.3 Å². The largest absolute Gasteiger partial charge is 0.378 e. The Morgan fingerprint density at radius 1 is 1.27 bits per heavy atom. The Bertz CT molecular complexity index is 567. The number of nitrogens with one attached hydrogen (secondary N) is 2. The molecule has 2 rings (SSSR count). The second kappa shape index (κ2) is 7.46. The van der Waals surface area contributed by atoms with Crippen LogP contribution in [0.25, 0.3) is 0 Å². The number of benzene rings is 1. The first-order valence-electron chi connectivity index (χ1n) is 6.89. The molecule has 0 aromatic heterocycles. The number of thioether (sulfide) groups is 1. The molecule has 1 aliphatic rings. The van der Waals surface area contributed by atoms with Crippen molar-refractivity contribution in [2.75, 3.05) is 36.4 Å². The van der Waals surface area contributed by atoms with E-state index in [1.165, 1.54) is 0 Å². The van der Waals surface area contributed by atoms with E-state index in [2.05, 4.69) is 10.2 Å². The van der Waals surface area contributed by atoms with Crippen LogP contribution in [0, 0.1) is 5.41 Å². The molecule has 8 heteroatoms. The number of nitrogens with zero attached hydrogens (tertiary/aromatic N) is 2. The van der Waals surface area contributed by atoms with Gasteiger partial charge in [0, 0.05) is 44.5 Å². The van der Waals surface area contributed by atoms with Gasteiger partial charge in [0.05, 0.1) is 0 Å². The molecule has 0 spiro atoms. The summed E-state index contributed by atoms with van der Waals surface area (Å²) in [5, 5.41) is 10.2. The monoisotopic (exact) mass is 337 g/mol. The minimum absolute atomic E-state index is 0.0301. The van der Waals surface area contributed by atoms with Crippen molar-refractivity contribution in [2.24, 2.45) is 5.73 Å². The highest BCUT2D eigenvalue weighted by atomic mass is 32.2. The maximum Gasteiger partial charge on any atom is 0.219 e. The smallest absolute Gasteiger partial charge is 0.219 e. The lowest BCUT2D eigenvalue weighted by atomic mass is 10.2. The van der Waals surface area contributed by atoms with Gasteiger partial charge in [-0.25, -0.2) is 0 Å². The van der Waals surface area contributed by atoms with Gasteiger partial charge in [-0.15, -0.1) is 0 Å². The van der Waals surface area contributed by atoms with Crippen molar-refractivity contribution in [3.8, 4) is 0 Å². The molecule has 0 saturated carbocycles. The third kappa shape index (κ3) is 4.60. The van der Waals surface area contributed by atoms with Crippen LogP contribution in [-0.2, 0) is 4.79 Å². The van der Waals surface area contributed by atoms with Gasteiger partial charge in [0.15, 0.2) is 5.17 Å². The first-order valence-corrected chi connectivity index (χ1v) is 8.11. The third-order valence-corrected chi connectivity index (χ3v) is 4.27. The second-order valence-electron chi connectivity index (χ2n) is 4.92. The summed E-state index contributed by atoms with van der Waals surface area (Å²) in [6, 6.07) is 7.93. The summed E-state index contributed by atoms with van der Waals surface area (Å²) in [6.07, 6.45) is 0. The molecule has 1 heterocycles. The Morgan fingerprint density at radius 3 is 2.36 bits per heavy atom. The summed E-state index contributed by atoms with van der Waals surface area (Å²) in [5.74, 6) is 0.135. The topological polar surface area (TPSA) is 85.5 Å². The molecular weight excluding hydrogens is 318 g/mol. The average molecular weight is 337 g/mol. The van der Waals surface area contributed by atoms with Crippen LogP contribution < -0.4 is 16.0 Å². The van der Waals surface area contributed by atoms with Crippen LogP contribution in [0.3, 0.4) is 0 Å². The number of amides is 1. The molecule has 0 aliphatic carbocycles. The van der Waals surface area contributed by atoms with Crippen molar-refractivity contribution >= 4 is 50.7 Å². The molecule has 0 atom stereocenters. The van der Waals surface area contributed by atoms with Gasteiger partial charge >= 0.3 is 0 Å². The van der Waals surface area contributed by atoms with Crippen molar-refractivity contribution in [2.45, 2.75) is 6.92 Å². The number of carbonyl (C=O) groups excluding carboxylic acids is 1. The van der Waals surface area contributed by atoms with E-state index < -0.39 is 0 Å². The highest BCUT2D eigenvalue weighted by molar-refractivity contribution is 8.33. The standard InChI is InChI=1S/C14H19N5OS2/c1-10(20)18-6-8-19(9-7-18)12-4-2-11(3-5-12)17-14(21)22-13(15)16/h2-5H,6-9H2,1H3,(H3,15,16)(H,17,21). The number of hydrogen-bond donors (Lipinski definition) is 3. The van der Waals surface area contributed by atoms with Crippen molar-refractivity contribution in [1.29, 1.82) is 5.41 Å². The fourth-order valence-corrected chi connectivity index (χ4v) is 3.03. The van der Waals surface area contributed by atoms with E-state index in [0.29, 0.717) is 4.32 Å². The Morgan fingerprint density at radius 2 is 1.86 bits per heavy atom. The molecule has 0 unspecified atom stereocenters. The summed E-state index contributed by atoms with van der Waals surface area (Å²) in [7, 11) is 0. The van der Waals surface area contributed by atoms with E-state index in [0.717, 1.165) is 49.3 Å². The van der Waals surface area contributed by atoms with Crippen LogP contribution in [0.1, 0.15) is 6.92 Å². The molecule has 1 amide bonds. The number of anilines is 2. The van der Waals surface area contributed by atoms with Gasteiger partial charge in [-0.1, -0.05) is 12.2 Å². The van der Waals surface area contributed by atoms with Crippen LogP contribution in [0.2, 0.25) is 0 Å². The van der Waals surface area contributed by atoms with Crippen LogP contribution >= 0.6 is 24.0 Å². The Hall–Kier alpha value is -1.80. The summed E-state index contributed by atoms with van der Waals surface area (Å²) in [4.78, 5) is 15.4. The number of amidine groups is 1. The molecule has 6 nitrogen and oxygen atoms in total. The fraction of sp³-hybridized carbons (Fsp3) is 0.357. The Labute approximate surface area is 139 Å². The first-order chi connectivity index (χ1) is 10.5. The maximum absolute atomic E-state index is 11.3. The lowest BCUT2D eigenvalue weighted by molar-refractivity contribution is -0.129. The zero-order chi connectivity index (χ0) is 16.1. The normalized spacial score (nSPS) is 14.6. The summed E-state index contributed by atoms with van der Waals surface area (Å²) in [5.41, 5.74) is 7.27. The van der Waals surface area contributed by atoms with Crippen molar-refractivity contribution < 1.29 is 4.79 Å². The van der Waals surface area contributed by atoms with E-state index in [-0.39, 0.29) is 11.1 Å². The number of thiocarbonyl (C=S) groups is 1. The van der Waals surface area contributed by atoms with Gasteiger partial charge in [-0.3, -0.25) is 10.2 Å². The minimum Gasteiger partial charge on any atom is -0.378 e. The first kappa shape index (κ1) is 16.6. The summed E-state index contributed by atoms with van der Waals surface area (Å²) in [6.45, 7) is 4.80. The van der Waals surface area contributed by atoms with Crippen LogP contribution in [0.5, 0.6) is 0 Å². The predicted octanol–water partition coefficient (Wildman–Crippen LogP) is 1.68. The molecule has 4 N–H and O–H groups in total. The number of nitrogens with two attached hydrogens (primary N) is 1. The molecule has 0 bridgehead atoms. The number of carbonyl (C=O) groups is 1. The van der Waals surface area contributed by atoms with Crippen molar-refractivity contribution in [3.63, 3.8) is 0 Å². The Balaban J connectivity index is 1.91. The van der Waals surface area contributed by atoms with Crippen LogP contribution in [0.4, 0.5) is 11.4 Å². The molecule has 1 aliphatic heterocycles. The van der Waals surface area contributed by atoms with Gasteiger partial charge in [-0.05, 0) is 36.0 Å². The molecule has 1 aromatic carbocycles. The molecule has 118 valence electrons. The third-order valence-electron chi connectivity index (χ3n) is 3.41.